The van der Waals surface area contributed by atoms with Gasteiger partial charge in [0.05, 0.1) is 18.9 Å². The van der Waals surface area contributed by atoms with Gasteiger partial charge in [0.15, 0.2) is 0 Å². The number of methoxy groups -OCH3 is 1. The van der Waals surface area contributed by atoms with Crippen LogP contribution in [0.5, 0.6) is 0 Å². The summed E-state index contributed by atoms with van der Waals surface area (Å²) in [6, 6.07) is 0. The molecule has 1 rings (SSSR count). The largest absolute Gasteiger partial charge is 0.469 e. The Morgan fingerprint density at radius 2 is 1.95 bits per heavy atom. The number of ether oxygens (including phenoxy) is 1. The van der Waals surface area contributed by atoms with Gasteiger partial charge in [-0.25, -0.2) is 0 Å². The number of nitrogens with zero attached hydrogens (tertiary/aromatic N) is 2. The molecule has 126 valence electrons. The Kier molecular flexibility index (Phi) is 9.15. The van der Waals surface area contributed by atoms with Crippen molar-refractivity contribution in [2.24, 2.45) is 11.1 Å². The maximum Gasteiger partial charge on any atom is 0.305 e. The van der Waals surface area contributed by atoms with Gasteiger partial charge in [-0.3, -0.25) is 14.9 Å². The summed E-state index contributed by atoms with van der Waals surface area (Å²) in [5.41, 5.74) is 5.17. The molecule has 0 aliphatic rings. The second-order valence-electron chi connectivity index (χ2n) is 4.72. The van der Waals surface area contributed by atoms with Gasteiger partial charge >= 0.3 is 5.97 Å². The first-order valence-corrected chi connectivity index (χ1v) is 7.73. The summed E-state index contributed by atoms with van der Waals surface area (Å²) in [6.07, 6.45) is 2.03. The molecule has 0 bridgehead atoms. The molecule has 0 aliphatic heterocycles. The highest BCUT2D eigenvalue weighted by Crippen LogP contribution is 2.27. The number of hydrogen-bond donors (Lipinski definition) is 2. The Balaban J connectivity index is 0.00000441. The van der Waals surface area contributed by atoms with Crippen molar-refractivity contribution in [3.63, 3.8) is 0 Å². The van der Waals surface area contributed by atoms with Crippen molar-refractivity contribution in [1.82, 2.24) is 10.2 Å². The van der Waals surface area contributed by atoms with Crippen LogP contribution in [0.1, 0.15) is 38.1 Å². The topological polar surface area (TPSA) is 107 Å². The minimum atomic E-state index is -0.572. The van der Waals surface area contributed by atoms with Crippen LogP contribution in [0.4, 0.5) is 5.13 Å². The highest BCUT2D eigenvalue weighted by atomic mass is 35.5. The number of aryl methyl sites for hydroxylation is 1. The molecule has 0 fully saturated rings. The average molecular weight is 351 g/mol. The predicted octanol–water partition coefficient (Wildman–Crippen LogP) is 1.77. The van der Waals surface area contributed by atoms with Crippen molar-refractivity contribution in [2.45, 2.75) is 39.5 Å². The summed E-state index contributed by atoms with van der Waals surface area (Å²) in [4.78, 5) is 23.4. The Hall–Kier alpha value is -1.25. The summed E-state index contributed by atoms with van der Waals surface area (Å²) in [7, 11) is 1.34. The van der Waals surface area contributed by atoms with Gasteiger partial charge in [-0.2, -0.15) is 0 Å². The summed E-state index contributed by atoms with van der Waals surface area (Å²) >= 11 is 1.26. The molecule has 3 N–H and O–H groups in total. The van der Waals surface area contributed by atoms with E-state index in [4.69, 9.17) is 5.73 Å². The fourth-order valence-electron chi connectivity index (χ4n) is 1.90. The van der Waals surface area contributed by atoms with Crippen LogP contribution >= 0.6 is 23.7 Å². The molecule has 0 unspecified atom stereocenters. The molecule has 0 saturated carbocycles. The fraction of sp³-hybridized carbons (Fsp3) is 0.692. The van der Waals surface area contributed by atoms with Gasteiger partial charge in [0.2, 0.25) is 11.0 Å². The first kappa shape index (κ1) is 20.8. The summed E-state index contributed by atoms with van der Waals surface area (Å²) in [6.45, 7) is 4.18. The average Bonchev–Trinajstić information content (AvgIpc) is 2.94. The van der Waals surface area contributed by atoms with Crippen molar-refractivity contribution in [1.29, 1.82) is 0 Å². The summed E-state index contributed by atoms with van der Waals surface area (Å²) in [5, 5.41) is 11.7. The highest BCUT2D eigenvalue weighted by molar-refractivity contribution is 7.15. The van der Waals surface area contributed by atoms with Crippen LogP contribution in [0.25, 0.3) is 0 Å². The van der Waals surface area contributed by atoms with Crippen molar-refractivity contribution >= 4 is 40.8 Å². The SMILES string of the molecule is CCC(CC)(CN)C(=O)Nc1nnc(CCC(=O)OC)s1.Cl. The molecular weight excluding hydrogens is 328 g/mol. The van der Waals surface area contributed by atoms with E-state index in [9.17, 15) is 9.59 Å². The smallest absolute Gasteiger partial charge is 0.305 e. The lowest BCUT2D eigenvalue weighted by Crippen LogP contribution is -2.41. The van der Waals surface area contributed by atoms with Gasteiger partial charge in [0, 0.05) is 13.0 Å². The lowest BCUT2D eigenvalue weighted by atomic mass is 9.81. The van der Waals surface area contributed by atoms with Gasteiger partial charge in [0.1, 0.15) is 5.01 Å². The molecule has 1 aromatic heterocycles. The van der Waals surface area contributed by atoms with E-state index in [0.717, 1.165) is 0 Å². The third-order valence-corrected chi connectivity index (χ3v) is 4.58. The molecule has 0 spiro atoms. The molecule has 1 aromatic rings. The van der Waals surface area contributed by atoms with E-state index in [1.165, 1.54) is 18.4 Å². The first-order chi connectivity index (χ1) is 10.0. The van der Waals surface area contributed by atoms with E-state index >= 15 is 0 Å². The highest BCUT2D eigenvalue weighted by Gasteiger charge is 2.33. The van der Waals surface area contributed by atoms with E-state index in [-0.39, 0.29) is 30.7 Å². The van der Waals surface area contributed by atoms with E-state index in [2.05, 4.69) is 20.3 Å². The maximum atomic E-state index is 12.3. The normalized spacial score (nSPS) is 10.7. The molecule has 1 heterocycles. The van der Waals surface area contributed by atoms with Crippen LogP contribution in [0, 0.1) is 5.41 Å². The number of anilines is 1. The number of rotatable bonds is 8. The molecule has 7 nitrogen and oxygen atoms in total. The molecule has 0 atom stereocenters. The summed E-state index contributed by atoms with van der Waals surface area (Å²) < 4.78 is 4.57. The Bertz CT molecular complexity index is 483. The van der Waals surface area contributed by atoms with Crippen LogP contribution in [0.15, 0.2) is 0 Å². The number of carbonyl (C=O) groups excluding carboxylic acids is 2. The van der Waals surface area contributed by atoms with E-state index in [1.54, 1.807) is 0 Å². The summed E-state index contributed by atoms with van der Waals surface area (Å²) in [5.74, 6) is -0.430. The first-order valence-electron chi connectivity index (χ1n) is 6.92. The van der Waals surface area contributed by atoms with Gasteiger partial charge in [0.25, 0.3) is 0 Å². The quantitative estimate of drug-likeness (QED) is 0.692. The molecule has 22 heavy (non-hydrogen) atoms. The van der Waals surface area contributed by atoms with Crippen LogP contribution < -0.4 is 11.1 Å². The van der Waals surface area contributed by atoms with Crippen LogP contribution in [0.3, 0.4) is 0 Å². The third-order valence-electron chi connectivity index (χ3n) is 3.68. The van der Waals surface area contributed by atoms with Gasteiger partial charge in [-0.1, -0.05) is 25.2 Å². The molecule has 0 saturated heterocycles. The Morgan fingerprint density at radius 3 is 2.45 bits per heavy atom. The van der Waals surface area contributed by atoms with Gasteiger partial charge in [-0.15, -0.1) is 22.6 Å². The van der Waals surface area contributed by atoms with Crippen molar-refractivity contribution in [2.75, 3.05) is 19.0 Å². The zero-order chi connectivity index (χ0) is 15.9. The number of amides is 1. The van der Waals surface area contributed by atoms with Gasteiger partial charge in [-0.05, 0) is 12.8 Å². The van der Waals surface area contributed by atoms with Crippen molar-refractivity contribution in [3.8, 4) is 0 Å². The molecular formula is C13H23ClN4O3S. The standard InChI is InChI=1S/C13H22N4O3S.ClH/c1-4-13(5-2,8-14)11(19)15-12-17-16-9(21-12)6-7-10(18)20-3;/h4-8,14H2,1-3H3,(H,15,17,19);1H. The lowest BCUT2D eigenvalue weighted by Gasteiger charge is -2.27. The van der Waals surface area contributed by atoms with E-state index in [0.29, 0.717) is 35.9 Å². The monoisotopic (exact) mass is 350 g/mol. The number of halogens is 1. The predicted molar refractivity (Wildman–Crippen MR) is 88.2 cm³/mol. The zero-order valence-corrected chi connectivity index (χ0v) is 14.7. The Morgan fingerprint density at radius 1 is 1.32 bits per heavy atom. The number of nitrogens with two attached hydrogens (primary N) is 1. The molecule has 0 radical (unpaired) electrons. The lowest BCUT2D eigenvalue weighted by molar-refractivity contribution is -0.140. The number of esters is 1. The Labute approximate surface area is 140 Å². The van der Waals surface area contributed by atoms with E-state index < -0.39 is 5.41 Å². The number of aromatic nitrogens is 2. The zero-order valence-electron chi connectivity index (χ0n) is 13.0. The molecule has 1 amide bonds. The minimum absolute atomic E-state index is 0. The number of carbonyl (C=O) groups is 2. The molecule has 0 aromatic carbocycles. The number of nitrogens with one attached hydrogen (secondary N) is 1. The van der Waals surface area contributed by atoms with E-state index in [1.807, 2.05) is 13.8 Å². The van der Waals surface area contributed by atoms with Crippen molar-refractivity contribution in [3.05, 3.63) is 5.01 Å². The second-order valence-corrected chi connectivity index (χ2v) is 5.78. The second kappa shape index (κ2) is 9.70. The fourth-order valence-corrected chi connectivity index (χ4v) is 2.63. The third kappa shape index (κ3) is 5.19. The van der Waals surface area contributed by atoms with Crippen LogP contribution in [-0.4, -0.2) is 35.7 Å². The van der Waals surface area contributed by atoms with Crippen LogP contribution in [0.2, 0.25) is 0 Å². The van der Waals surface area contributed by atoms with Gasteiger partial charge < -0.3 is 10.5 Å². The minimum Gasteiger partial charge on any atom is -0.469 e. The van der Waals surface area contributed by atoms with Crippen molar-refractivity contribution < 1.29 is 14.3 Å². The maximum absolute atomic E-state index is 12.3. The molecule has 0 aliphatic carbocycles. The number of hydrogen-bond acceptors (Lipinski definition) is 7. The molecule has 9 heteroatoms. The van der Waals surface area contributed by atoms with Crippen LogP contribution in [-0.2, 0) is 20.7 Å².